The van der Waals surface area contributed by atoms with Gasteiger partial charge in [-0.2, -0.15) is 0 Å². The first-order chi connectivity index (χ1) is 10.5. The first-order valence-electron chi connectivity index (χ1n) is 8.73. The summed E-state index contributed by atoms with van der Waals surface area (Å²) in [5.74, 6) is -0.115. The molecular weight excluding hydrogens is 280 g/mol. The largest absolute Gasteiger partial charge is 0.396 e. The van der Waals surface area contributed by atoms with E-state index in [1.807, 2.05) is 18.7 Å². The summed E-state index contributed by atoms with van der Waals surface area (Å²) in [5, 5.41) is 12.1. The molecule has 0 aromatic heterocycles. The number of nitrogens with zero attached hydrogens (tertiary/aromatic N) is 1. The Morgan fingerprint density at radius 2 is 1.91 bits per heavy atom. The molecule has 2 N–H and O–H groups in total. The molecule has 1 heterocycles. The van der Waals surface area contributed by atoms with Gasteiger partial charge in [0, 0.05) is 31.7 Å². The number of nitrogens with one attached hydrogen (secondary N) is 1. The summed E-state index contributed by atoms with van der Waals surface area (Å²) in [6.45, 7) is 4.43. The monoisotopic (exact) mass is 310 g/mol. The van der Waals surface area contributed by atoms with Crippen LogP contribution in [0.1, 0.15) is 58.8 Å². The fourth-order valence-electron chi connectivity index (χ4n) is 3.47. The maximum Gasteiger partial charge on any atom is 0.225 e. The Morgan fingerprint density at radius 3 is 2.50 bits per heavy atom. The SMILES string of the molecule is CC(CO)C(C)NC(=O)C1CC(=O)N(C2CCCCCC2)C1. The topological polar surface area (TPSA) is 69.6 Å². The first kappa shape index (κ1) is 17.3. The van der Waals surface area contributed by atoms with Gasteiger partial charge in [-0.05, 0) is 25.7 Å². The van der Waals surface area contributed by atoms with Crippen molar-refractivity contribution in [1.29, 1.82) is 0 Å². The average molecular weight is 310 g/mol. The summed E-state index contributed by atoms with van der Waals surface area (Å²) >= 11 is 0. The van der Waals surface area contributed by atoms with E-state index < -0.39 is 0 Å². The number of rotatable bonds is 5. The molecule has 1 aliphatic carbocycles. The standard InChI is InChI=1S/C17H30N2O3/c1-12(11-20)13(2)18-17(22)14-9-16(21)19(10-14)15-7-5-3-4-6-8-15/h12-15,20H,3-11H2,1-2H3,(H,18,22). The fraction of sp³-hybridized carbons (Fsp3) is 0.882. The van der Waals surface area contributed by atoms with Gasteiger partial charge >= 0.3 is 0 Å². The number of aliphatic hydroxyl groups is 1. The molecule has 0 radical (unpaired) electrons. The van der Waals surface area contributed by atoms with Crippen LogP contribution in [0.3, 0.4) is 0 Å². The number of aliphatic hydroxyl groups excluding tert-OH is 1. The maximum absolute atomic E-state index is 12.3. The Kier molecular flexibility index (Phi) is 6.24. The molecule has 0 aromatic rings. The Balaban J connectivity index is 1.89. The normalized spacial score (nSPS) is 26.6. The third-order valence-corrected chi connectivity index (χ3v) is 5.31. The molecule has 5 heteroatoms. The highest BCUT2D eigenvalue weighted by atomic mass is 16.3. The van der Waals surface area contributed by atoms with E-state index in [0.29, 0.717) is 19.0 Å². The van der Waals surface area contributed by atoms with Gasteiger partial charge in [0.15, 0.2) is 0 Å². The van der Waals surface area contributed by atoms with Crippen molar-refractivity contribution in [2.24, 2.45) is 11.8 Å². The average Bonchev–Trinajstić information content (AvgIpc) is 2.73. The third-order valence-electron chi connectivity index (χ3n) is 5.31. The zero-order valence-electron chi connectivity index (χ0n) is 13.9. The molecule has 1 saturated heterocycles. The highest BCUT2D eigenvalue weighted by Crippen LogP contribution is 2.28. The van der Waals surface area contributed by atoms with Crippen molar-refractivity contribution in [2.45, 2.75) is 70.9 Å². The van der Waals surface area contributed by atoms with Gasteiger partial charge < -0.3 is 15.3 Å². The molecule has 2 fully saturated rings. The maximum atomic E-state index is 12.3. The van der Waals surface area contributed by atoms with Crippen molar-refractivity contribution >= 4 is 11.8 Å². The molecule has 2 aliphatic rings. The van der Waals surface area contributed by atoms with Crippen molar-refractivity contribution in [3.63, 3.8) is 0 Å². The minimum absolute atomic E-state index is 0.0269. The molecule has 3 atom stereocenters. The summed E-state index contributed by atoms with van der Waals surface area (Å²) in [6, 6.07) is 0.265. The first-order valence-corrected chi connectivity index (χ1v) is 8.73. The molecule has 0 bridgehead atoms. The zero-order valence-corrected chi connectivity index (χ0v) is 13.9. The molecule has 2 rings (SSSR count). The van der Waals surface area contributed by atoms with Gasteiger partial charge in [-0.15, -0.1) is 0 Å². The summed E-state index contributed by atoms with van der Waals surface area (Å²) in [6.07, 6.45) is 7.41. The quantitative estimate of drug-likeness (QED) is 0.759. The second-order valence-electron chi connectivity index (χ2n) is 7.05. The summed E-state index contributed by atoms with van der Waals surface area (Å²) in [7, 11) is 0. The molecule has 0 aromatic carbocycles. The molecule has 5 nitrogen and oxygen atoms in total. The van der Waals surface area contributed by atoms with Crippen LogP contribution in [0.4, 0.5) is 0 Å². The number of hydrogen-bond donors (Lipinski definition) is 2. The number of carbonyl (C=O) groups is 2. The van der Waals surface area contributed by atoms with E-state index in [9.17, 15) is 9.59 Å². The van der Waals surface area contributed by atoms with Crippen molar-refractivity contribution in [2.75, 3.05) is 13.2 Å². The molecule has 126 valence electrons. The van der Waals surface area contributed by atoms with Crippen LogP contribution in [0, 0.1) is 11.8 Å². The second-order valence-corrected chi connectivity index (χ2v) is 7.05. The van der Waals surface area contributed by atoms with E-state index in [-0.39, 0.29) is 36.3 Å². The number of carbonyl (C=O) groups excluding carboxylic acids is 2. The van der Waals surface area contributed by atoms with Crippen LogP contribution in [0.2, 0.25) is 0 Å². The highest BCUT2D eigenvalue weighted by Gasteiger charge is 2.38. The fourth-order valence-corrected chi connectivity index (χ4v) is 3.47. The number of hydrogen-bond acceptors (Lipinski definition) is 3. The van der Waals surface area contributed by atoms with Crippen molar-refractivity contribution in [1.82, 2.24) is 10.2 Å². The Morgan fingerprint density at radius 1 is 1.27 bits per heavy atom. The lowest BCUT2D eigenvalue weighted by Gasteiger charge is -2.27. The van der Waals surface area contributed by atoms with Crippen molar-refractivity contribution < 1.29 is 14.7 Å². The molecule has 1 aliphatic heterocycles. The summed E-state index contributed by atoms with van der Waals surface area (Å²) < 4.78 is 0. The lowest BCUT2D eigenvalue weighted by atomic mass is 10.0. The van der Waals surface area contributed by atoms with Crippen LogP contribution < -0.4 is 5.32 Å². The van der Waals surface area contributed by atoms with Gasteiger partial charge in [-0.25, -0.2) is 0 Å². The lowest BCUT2D eigenvalue weighted by Crippen LogP contribution is -2.43. The van der Waals surface area contributed by atoms with Crippen LogP contribution >= 0.6 is 0 Å². The predicted molar refractivity (Wildman–Crippen MR) is 85.2 cm³/mol. The molecule has 22 heavy (non-hydrogen) atoms. The van der Waals surface area contributed by atoms with Crippen LogP contribution in [-0.4, -0.2) is 47.1 Å². The van der Waals surface area contributed by atoms with E-state index in [1.165, 1.54) is 25.7 Å². The predicted octanol–water partition coefficient (Wildman–Crippen LogP) is 1.69. The van der Waals surface area contributed by atoms with E-state index >= 15 is 0 Å². The minimum Gasteiger partial charge on any atom is -0.396 e. The second kappa shape index (κ2) is 7.95. The lowest BCUT2D eigenvalue weighted by molar-refractivity contribution is -0.130. The highest BCUT2D eigenvalue weighted by molar-refractivity contribution is 5.89. The van der Waals surface area contributed by atoms with E-state index in [2.05, 4.69) is 5.32 Å². The smallest absolute Gasteiger partial charge is 0.225 e. The Labute approximate surface area is 133 Å². The molecule has 1 saturated carbocycles. The number of amides is 2. The van der Waals surface area contributed by atoms with Crippen molar-refractivity contribution in [3.8, 4) is 0 Å². The number of likely N-dealkylation sites (tertiary alicyclic amines) is 1. The Bertz CT molecular complexity index is 391. The summed E-state index contributed by atoms with van der Waals surface area (Å²) in [5.41, 5.74) is 0. The van der Waals surface area contributed by atoms with Crippen molar-refractivity contribution in [3.05, 3.63) is 0 Å². The van der Waals surface area contributed by atoms with Crippen LogP contribution in [0.15, 0.2) is 0 Å². The van der Waals surface area contributed by atoms with Gasteiger partial charge in [-0.1, -0.05) is 32.6 Å². The van der Waals surface area contributed by atoms with Crippen LogP contribution in [0.5, 0.6) is 0 Å². The van der Waals surface area contributed by atoms with Gasteiger partial charge in [0.1, 0.15) is 0 Å². The molecule has 2 amide bonds. The molecule has 0 spiro atoms. The van der Waals surface area contributed by atoms with Gasteiger partial charge in [0.05, 0.1) is 5.92 Å². The minimum atomic E-state index is -0.232. The molecular formula is C17H30N2O3. The van der Waals surface area contributed by atoms with Gasteiger partial charge in [-0.3, -0.25) is 9.59 Å². The van der Waals surface area contributed by atoms with E-state index in [1.54, 1.807) is 0 Å². The third kappa shape index (κ3) is 4.22. The van der Waals surface area contributed by atoms with Crippen LogP contribution in [0.25, 0.3) is 0 Å². The van der Waals surface area contributed by atoms with Crippen LogP contribution in [-0.2, 0) is 9.59 Å². The zero-order chi connectivity index (χ0) is 16.1. The summed E-state index contributed by atoms with van der Waals surface area (Å²) in [4.78, 5) is 26.6. The van der Waals surface area contributed by atoms with Gasteiger partial charge in [0.25, 0.3) is 0 Å². The van der Waals surface area contributed by atoms with E-state index in [0.717, 1.165) is 12.8 Å². The van der Waals surface area contributed by atoms with Gasteiger partial charge in [0.2, 0.25) is 11.8 Å². The Hall–Kier alpha value is -1.10. The molecule has 3 unspecified atom stereocenters. The van der Waals surface area contributed by atoms with E-state index in [4.69, 9.17) is 5.11 Å².